The van der Waals surface area contributed by atoms with Crippen LogP contribution in [-0.4, -0.2) is 21.5 Å². The summed E-state index contributed by atoms with van der Waals surface area (Å²) in [7, 11) is 0. The molecule has 1 aromatic heterocycles. The maximum Gasteiger partial charge on any atom is 0.145 e. The number of rotatable bonds is 5. The fourth-order valence-corrected chi connectivity index (χ4v) is 2.81. The van der Waals surface area contributed by atoms with Crippen LogP contribution in [0.1, 0.15) is 44.2 Å². The largest absolute Gasteiger partial charge is 0.394 e. The van der Waals surface area contributed by atoms with Crippen molar-refractivity contribution in [3.8, 4) is 0 Å². The highest BCUT2D eigenvalue weighted by Gasteiger charge is 2.17. The molecule has 0 radical (unpaired) electrons. The number of nitrogens with two attached hydrogens (primary N) is 2. The number of aliphatic hydroxyl groups excluding tert-OH is 1. The molecule has 1 aliphatic rings. The standard InChI is InChI=1S/C13H24N4O/c14-12-11(16-17(8-9-18)13(12)15)7-6-10-4-2-1-3-5-10/h10,18H,1-9,14-15H2. The lowest BCUT2D eigenvalue weighted by Crippen LogP contribution is -2.09. The van der Waals surface area contributed by atoms with Gasteiger partial charge in [-0.1, -0.05) is 32.1 Å². The smallest absolute Gasteiger partial charge is 0.145 e. The van der Waals surface area contributed by atoms with E-state index in [1.807, 2.05) is 0 Å². The molecule has 18 heavy (non-hydrogen) atoms. The van der Waals surface area contributed by atoms with Crippen molar-refractivity contribution in [1.29, 1.82) is 0 Å². The third-order valence-corrected chi connectivity index (χ3v) is 3.93. The number of aromatic nitrogens is 2. The quantitative estimate of drug-likeness (QED) is 0.741. The van der Waals surface area contributed by atoms with Crippen LogP contribution in [0.5, 0.6) is 0 Å². The van der Waals surface area contributed by atoms with Crippen LogP contribution in [0.2, 0.25) is 0 Å². The Bertz CT molecular complexity index is 383. The van der Waals surface area contributed by atoms with E-state index in [2.05, 4.69) is 5.10 Å². The van der Waals surface area contributed by atoms with E-state index in [4.69, 9.17) is 16.6 Å². The van der Waals surface area contributed by atoms with Crippen LogP contribution >= 0.6 is 0 Å². The van der Waals surface area contributed by atoms with Gasteiger partial charge in [0.1, 0.15) is 5.82 Å². The number of aliphatic hydroxyl groups is 1. The van der Waals surface area contributed by atoms with Crippen LogP contribution in [0.3, 0.4) is 0 Å². The van der Waals surface area contributed by atoms with E-state index in [1.165, 1.54) is 32.1 Å². The van der Waals surface area contributed by atoms with Crippen LogP contribution < -0.4 is 11.5 Å². The van der Waals surface area contributed by atoms with Gasteiger partial charge in [-0.15, -0.1) is 0 Å². The van der Waals surface area contributed by atoms with Crippen LogP contribution in [0, 0.1) is 5.92 Å². The molecular weight excluding hydrogens is 228 g/mol. The zero-order valence-corrected chi connectivity index (χ0v) is 10.9. The molecule has 5 nitrogen and oxygen atoms in total. The molecule has 0 amide bonds. The van der Waals surface area contributed by atoms with Crippen molar-refractivity contribution in [2.45, 2.75) is 51.5 Å². The molecule has 5 heteroatoms. The Morgan fingerprint density at radius 2 is 1.94 bits per heavy atom. The molecule has 0 saturated heterocycles. The van der Waals surface area contributed by atoms with Crippen molar-refractivity contribution >= 4 is 11.5 Å². The van der Waals surface area contributed by atoms with Crippen molar-refractivity contribution in [1.82, 2.24) is 9.78 Å². The van der Waals surface area contributed by atoms with Gasteiger partial charge in [-0.3, -0.25) is 0 Å². The second-order valence-electron chi connectivity index (χ2n) is 5.24. The summed E-state index contributed by atoms with van der Waals surface area (Å²) in [6.07, 6.45) is 8.84. The van der Waals surface area contributed by atoms with E-state index in [0.29, 0.717) is 18.1 Å². The average Bonchev–Trinajstić information content (AvgIpc) is 2.66. The third kappa shape index (κ3) is 2.96. The molecule has 0 atom stereocenters. The number of anilines is 2. The van der Waals surface area contributed by atoms with Crippen molar-refractivity contribution in [3.63, 3.8) is 0 Å². The topological polar surface area (TPSA) is 90.1 Å². The molecule has 0 aromatic carbocycles. The fourth-order valence-electron chi connectivity index (χ4n) is 2.81. The maximum atomic E-state index is 8.92. The first-order valence-electron chi connectivity index (χ1n) is 6.94. The first kappa shape index (κ1) is 13.2. The molecule has 1 saturated carbocycles. The summed E-state index contributed by atoms with van der Waals surface area (Å²) in [5.41, 5.74) is 13.3. The molecule has 0 aliphatic heterocycles. The summed E-state index contributed by atoms with van der Waals surface area (Å²) in [6, 6.07) is 0. The van der Waals surface area contributed by atoms with Gasteiger partial charge in [-0.2, -0.15) is 5.10 Å². The van der Waals surface area contributed by atoms with E-state index in [0.717, 1.165) is 24.5 Å². The highest BCUT2D eigenvalue weighted by Crippen LogP contribution is 2.29. The third-order valence-electron chi connectivity index (χ3n) is 3.93. The summed E-state index contributed by atoms with van der Waals surface area (Å²) in [4.78, 5) is 0. The zero-order valence-electron chi connectivity index (χ0n) is 10.9. The van der Waals surface area contributed by atoms with Crippen LogP contribution in [0.4, 0.5) is 11.5 Å². The molecule has 0 bridgehead atoms. The lowest BCUT2D eigenvalue weighted by atomic mass is 9.86. The predicted molar refractivity (Wildman–Crippen MR) is 73.0 cm³/mol. The van der Waals surface area contributed by atoms with Gasteiger partial charge in [0.05, 0.1) is 24.5 Å². The van der Waals surface area contributed by atoms with Gasteiger partial charge in [0.15, 0.2) is 0 Å². The molecule has 1 aliphatic carbocycles. The van der Waals surface area contributed by atoms with Crippen LogP contribution in [-0.2, 0) is 13.0 Å². The summed E-state index contributed by atoms with van der Waals surface area (Å²) in [5, 5.41) is 13.3. The van der Waals surface area contributed by atoms with Gasteiger partial charge in [0, 0.05) is 0 Å². The molecular formula is C13H24N4O. The van der Waals surface area contributed by atoms with Crippen LogP contribution in [0.15, 0.2) is 0 Å². The van der Waals surface area contributed by atoms with Gasteiger partial charge < -0.3 is 16.6 Å². The average molecular weight is 252 g/mol. The Morgan fingerprint density at radius 3 is 2.61 bits per heavy atom. The van der Waals surface area contributed by atoms with Crippen molar-refractivity contribution in [2.75, 3.05) is 18.1 Å². The van der Waals surface area contributed by atoms with Crippen LogP contribution in [0.25, 0.3) is 0 Å². The van der Waals surface area contributed by atoms with E-state index < -0.39 is 0 Å². The van der Waals surface area contributed by atoms with Crippen molar-refractivity contribution < 1.29 is 5.11 Å². The number of hydrogen-bond donors (Lipinski definition) is 3. The van der Waals surface area contributed by atoms with E-state index in [1.54, 1.807) is 4.68 Å². The molecule has 102 valence electrons. The second-order valence-corrected chi connectivity index (χ2v) is 5.24. The first-order valence-corrected chi connectivity index (χ1v) is 6.94. The molecule has 1 heterocycles. The minimum Gasteiger partial charge on any atom is -0.394 e. The summed E-state index contributed by atoms with van der Waals surface area (Å²) in [5.74, 6) is 1.31. The molecule has 0 spiro atoms. The normalized spacial score (nSPS) is 17.2. The van der Waals surface area contributed by atoms with E-state index in [9.17, 15) is 0 Å². The lowest BCUT2D eigenvalue weighted by molar-refractivity contribution is 0.270. The molecule has 5 N–H and O–H groups in total. The number of aryl methyl sites for hydroxylation is 1. The Hall–Kier alpha value is -1.23. The highest BCUT2D eigenvalue weighted by atomic mass is 16.3. The number of nitrogens with zero attached hydrogens (tertiary/aromatic N) is 2. The van der Waals surface area contributed by atoms with E-state index in [-0.39, 0.29) is 6.61 Å². The predicted octanol–water partition coefficient (Wildman–Crippen LogP) is 1.55. The summed E-state index contributed by atoms with van der Waals surface area (Å²) < 4.78 is 1.60. The monoisotopic (exact) mass is 252 g/mol. The van der Waals surface area contributed by atoms with Gasteiger partial charge in [0.2, 0.25) is 0 Å². The second kappa shape index (κ2) is 6.09. The van der Waals surface area contributed by atoms with Gasteiger partial charge >= 0.3 is 0 Å². The Labute approximate surface area is 108 Å². The SMILES string of the molecule is Nc1c(CCC2CCCCC2)nn(CCO)c1N. The summed E-state index contributed by atoms with van der Waals surface area (Å²) in [6.45, 7) is 0.451. The number of hydrogen-bond acceptors (Lipinski definition) is 4. The maximum absolute atomic E-state index is 8.92. The van der Waals surface area contributed by atoms with Gasteiger partial charge in [-0.25, -0.2) is 4.68 Å². The highest BCUT2D eigenvalue weighted by molar-refractivity contribution is 5.62. The van der Waals surface area contributed by atoms with Crippen molar-refractivity contribution in [2.24, 2.45) is 5.92 Å². The van der Waals surface area contributed by atoms with E-state index >= 15 is 0 Å². The van der Waals surface area contributed by atoms with Crippen molar-refractivity contribution in [3.05, 3.63) is 5.69 Å². The zero-order chi connectivity index (χ0) is 13.0. The number of nitrogen functional groups attached to an aromatic ring is 2. The van der Waals surface area contributed by atoms with Gasteiger partial charge in [-0.05, 0) is 18.8 Å². The lowest BCUT2D eigenvalue weighted by Gasteiger charge is -2.20. The van der Waals surface area contributed by atoms with Gasteiger partial charge in [0.25, 0.3) is 0 Å². The first-order chi connectivity index (χ1) is 8.72. The fraction of sp³-hybridized carbons (Fsp3) is 0.769. The molecule has 2 rings (SSSR count). The molecule has 0 unspecified atom stereocenters. The minimum atomic E-state index is 0.0351. The molecule has 1 fully saturated rings. The Morgan fingerprint density at radius 1 is 1.22 bits per heavy atom. The summed E-state index contributed by atoms with van der Waals surface area (Å²) >= 11 is 0. The Balaban J connectivity index is 1.93. The minimum absolute atomic E-state index is 0.0351. The molecule has 1 aromatic rings. The Kier molecular flexibility index (Phi) is 4.47.